The Bertz CT molecular complexity index is 230. The fourth-order valence-electron chi connectivity index (χ4n) is 1.08. The summed E-state index contributed by atoms with van der Waals surface area (Å²) in [6, 6.07) is 0. The van der Waals surface area contributed by atoms with E-state index in [2.05, 4.69) is 5.32 Å². The molecule has 0 aromatic carbocycles. The molecule has 1 unspecified atom stereocenters. The van der Waals surface area contributed by atoms with Gasteiger partial charge in [-0.15, -0.1) is 0 Å². The summed E-state index contributed by atoms with van der Waals surface area (Å²) >= 11 is 0. The lowest BCUT2D eigenvalue weighted by Gasteiger charge is -2.18. The number of amidine groups is 1. The standard InChI is InChI=1S/C8H12N2O/c1-5-3-7(6(2)11)8(9)10-4-5/h3,5H,4H2,1-2H3,(H2,9,10). The molecule has 1 rings (SSSR count). The van der Waals surface area contributed by atoms with Gasteiger partial charge in [-0.05, 0) is 12.8 Å². The Labute approximate surface area is 66.0 Å². The molecule has 0 spiro atoms. The van der Waals surface area contributed by atoms with Crippen LogP contribution in [0.4, 0.5) is 0 Å². The molecule has 0 radical (unpaired) electrons. The molecule has 3 nitrogen and oxygen atoms in total. The predicted octanol–water partition coefficient (Wildman–Crippen LogP) is 0.718. The Kier molecular flexibility index (Phi) is 2.08. The monoisotopic (exact) mass is 152 g/mol. The van der Waals surface area contributed by atoms with Gasteiger partial charge in [-0.25, -0.2) is 0 Å². The second kappa shape index (κ2) is 2.86. The molecule has 0 amide bonds. The molecular weight excluding hydrogens is 140 g/mol. The second-order valence-corrected chi connectivity index (χ2v) is 2.87. The Morgan fingerprint density at radius 3 is 2.91 bits per heavy atom. The molecule has 11 heavy (non-hydrogen) atoms. The van der Waals surface area contributed by atoms with E-state index in [1.54, 1.807) is 0 Å². The molecule has 1 aliphatic rings. The van der Waals surface area contributed by atoms with Gasteiger partial charge in [0, 0.05) is 6.54 Å². The molecule has 1 heterocycles. The van der Waals surface area contributed by atoms with Crippen LogP contribution in [0.1, 0.15) is 13.8 Å². The van der Waals surface area contributed by atoms with Crippen LogP contribution >= 0.6 is 0 Å². The van der Waals surface area contributed by atoms with Crippen LogP contribution in [0, 0.1) is 11.3 Å². The van der Waals surface area contributed by atoms with Crippen molar-refractivity contribution in [3.63, 3.8) is 0 Å². The Morgan fingerprint density at radius 2 is 2.45 bits per heavy atom. The molecule has 0 aromatic heterocycles. The van der Waals surface area contributed by atoms with Crippen molar-refractivity contribution in [3.8, 4) is 0 Å². The normalized spacial score (nSPS) is 24.0. The van der Waals surface area contributed by atoms with Crippen molar-refractivity contribution in [2.75, 3.05) is 6.54 Å². The zero-order valence-corrected chi connectivity index (χ0v) is 6.77. The first-order valence-corrected chi connectivity index (χ1v) is 3.67. The van der Waals surface area contributed by atoms with Crippen LogP contribution in [0.25, 0.3) is 0 Å². The zero-order valence-electron chi connectivity index (χ0n) is 6.77. The fourth-order valence-corrected chi connectivity index (χ4v) is 1.08. The average molecular weight is 152 g/mol. The molecule has 0 saturated carbocycles. The number of nitrogens with one attached hydrogen (secondary N) is 2. The summed E-state index contributed by atoms with van der Waals surface area (Å²) in [5.74, 6) is 0.577. The van der Waals surface area contributed by atoms with Crippen molar-refractivity contribution in [2.24, 2.45) is 5.92 Å². The smallest absolute Gasteiger partial charge is 0.163 e. The minimum atomic E-state index is -0.0333. The van der Waals surface area contributed by atoms with Crippen LogP contribution < -0.4 is 5.32 Å². The highest BCUT2D eigenvalue weighted by atomic mass is 16.1. The third-order valence-electron chi connectivity index (χ3n) is 1.70. The van der Waals surface area contributed by atoms with Gasteiger partial charge in [-0.3, -0.25) is 10.2 Å². The SMILES string of the molecule is CC(=O)C1=CC(C)CNC1=N. The van der Waals surface area contributed by atoms with Crippen LogP contribution in [0.5, 0.6) is 0 Å². The second-order valence-electron chi connectivity index (χ2n) is 2.87. The zero-order chi connectivity index (χ0) is 8.43. The topological polar surface area (TPSA) is 53.0 Å². The number of rotatable bonds is 1. The largest absolute Gasteiger partial charge is 0.369 e. The summed E-state index contributed by atoms with van der Waals surface area (Å²) in [5.41, 5.74) is 0.517. The lowest BCUT2D eigenvalue weighted by molar-refractivity contribution is -0.113. The summed E-state index contributed by atoms with van der Waals surface area (Å²) in [4.78, 5) is 10.9. The molecular formula is C8H12N2O. The fraction of sp³-hybridized carbons (Fsp3) is 0.500. The van der Waals surface area contributed by atoms with Gasteiger partial charge < -0.3 is 5.32 Å². The average Bonchev–Trinajstić information content (AvgIpc) is 1.94. The summed E-state index contributed by atoms with van der Waals surface area (Å²) in [7, 11) is 0. The summed E-state index contributed by atoms with van der Waals surface area (Å²) in [6.45, 7) is 4.26. The number of ketones is 1. The summed E-state index contributed by atoms with van der Waals surface area (Å²) < 4.78 is 0. The molecule has 2 N–H and O–H groups in total. The van der Waals surface area contributed by atoms with Crippen molar-refractivity contribution in [1.82, 2.24) is 5.32 Å². The maximum atomic E-state index is 10.9. The number of carbonyl (C=O) groups is 1. The predicted molar refractivity (Wildman–Crippen MR) is 43.7 cm³/mol. The highest BCUT2D eigenvalue weighted by Gasteiger charge is 2.16. The van der Waals surface area contributed by atoms with Crippen molar-refractivity contribution >= 4 is 11.6 Å². The Hall–Kier alpha value is -1.12. The molecule has 1 atom stereocenters. The van der Waals surface area contributed by atoms with Gasteiger partial charge in [0.05, 0.1) is 5.57 Å². The first kappa shape index (κ1) is 7.98. The van der Waals surface area contributed by atoms with E-state index in [1.807, 2.05) is 13.0 Å². The van der Waals surface area contributed by atoms with Crippen LogP contribution in [0.3, 0.4) is 0 Å². The van der Waals surface area contributed by atoms with E-state index < -0.39 is 0 Å². The molecule has 60 valence electrons. The van der Waals surface area contributed by atoms with E-state index in [-0.39, 0.29) is 11.6 Å². The van der Waals surface area contributed by atoms with E-state index >= 15 is 0 Å². The number of Topliss-reactive ketones (excluding diaryl/α,β-unsaturated/α-hetero) is 1. The van der Waals surface area contributed by atoms with E-state index in [0.29, 0.717) is 11.5 Å². The van der Waals surface area contributed by atoms with Gasteiger partial charge in [0.2, 0.25) is 0 Å². The lowest BCUT2D eigenvalue weighted by Crippen LogP contribution is -2.35. The van der Waals surface area contributed by atoms with Crippen molar-refractivity contribution in [2.45, 2.75) is 13.8 Å². The van der Waals surface area contributed by atoms with Crippen molar-refractivity contribution in [3.05, 3.63) is 11.6 Å². The van der Waals surface area contributed by atoms with Gasteiger partial charge in [0.1, 0.15) is 5.84 Å². The molecule has 3 heteroatoms. The third kappa shape index (κ3) is 1.67. The first-order valence-electron chi connectivity index (χ1n) is 3.67. The highest BCUT2D eigenvalue weighted by Crippen LogP contribution is 2.09. The van der Waals surface area contributed by atoms with Gasteiger partial charge in [-0.1, -0.05) is 13.0 Å². The summed E-state index contributed by atoms with van der Waals surface area (Å²) in [5, 5.41) is 10.2. The van der Waals surface area contributed by atoms with E-state index in [1.165, 1.54) is 6.92 Å². The maximum absolute atomic E-state index is 10.9. The summed E-state index contributed by atoms with van der Waals surface area (Å²) in [6.07, 6.45) is 1.85. The molecule has 1 aliphatic heterocycles. The molecule has 0 bridgehead atoms. The number of carbonyl (C=O) groups excluding carboxylic acids is 1. The van der Waals surface area contributed by atoms with E-state index in [4.69, 9.17) is 5.41 Å². The van der Waals surface area contributed by atoms with Crippen molar-refractivity contribution in [1.29, 1.82) is 5.41 Å². The quantitative estimate of drug-likeness (QED) is 0.581. The van der Waals surface area contributed by atoms with Crippen LogP contribution in [0.2, 0.25) is 0 Å². The first-order chi connectivity index (χ1) is 5.11. The minimum Gasteiger partial charge on any atom is -0.369 e. The number of hydrogen-bond donors (Lipinski definition) is 2. The molecule has 0 aromatic rings. The van der Waals surface area contributed by atoms with E-state index in [9.17, 15) is 4.79 Å². The maximum Gasteiger partial charge on any atom is 0.163 e. The van der Waals surface area contributed by atoms with Gasteiger partial charge in [0.25, 0.3) is 0 Å². The van der Waals surface area contributed by atoms with Crippen LogP contribution in [-0.2, 0) is 4.79 Å². The molecule has 0 aliphatic carbocycles. The lowest BCUT2D eigenvalue weighted by atomic mass is 10.0. The van der Waals surface area contributed by atoms with Crippen LogP contribution in [0.15, 0.2) is 11.6 Å². The van der Waals surface area contributed by atoms with Gasteiger partial charge in [-0.2, -0.15) is 0 Å². The van der Waals surface area contributed by atoms with Crippen LogP contribution in [-0.4, -0.2) is 18.2 Å². The Balaban J connectivity index is 2.88. The third-order valence-corrected chi connectivity index (χ3v) is 1.70. The van der Waals surface area contributed by atoms with E-state index in [0.717, 1.165) is 6.54 Å². The number of hydrogen-bond acceptors (Lipinski definition) is 2. The highest BCUT2D eigenvalue weighted by molar-refractivity contribution is 6.19. The van der Waals surface area contributed by atoms with Gasteiger partial charge >= 0.3 is 0 Å². The molecule has 0 saturated heterocycles. The minimum absolute atomic E-state index is 0.0333. The molecule has 0 fully saturated rings. The van der Waals surface area contributed by atoms with Crippen molar-refractivity contribution < 1.29 is 4.79 Å². The van der Waals surface area contributed by atoms with Gasteiger partial charge in [0.15, 0.2) is 5.78 Å². The Morgan fingerprint density at radius 1 is 1.82 bits per heavy atom.